The van der Waals surface area contributed by atoms with Gasteiger partial charge in [-0.15, -0.1) is 0 Å². The molecular formula is C9H14F4. The van der Waals surface area contributed by atoms with Crippen LogP contribution in [0.5, 0.6) is 0 Å². The summed E-state index contributed by atoms with van der Waals surface area (Å²) in [6, 6.07) is 0. The Balaban J connectivity index is 3.10. The van der Waals surface area contributed by atoms with Crippen LogP contribution in [-0.4, -0.2) is 12.3 Å². The molecule has 0 amide bonds. The molecule has 2 unspecified atom stereocenters. The molecule has 78 valence electrons. The molecule has 0 bridgehead atoms. The highest BCUT2D eigenvalue weighted by atomic mass is 19.4. The maximum atomic E-state index is 13.2. The molecule has 2 atom stereocenters. The van der Waals surface area contributed by atoms with Gasteiger partial charge in [0.25, 0.3) is 0 Å². The van der Waals surface area contributed by atoms with Crippen LogP contribution in [-0.2, 0) is 0 Å². The monoisotopic (exact) mass is 198 g/mol. The van der Waals surface area contributed by atoms with Crippen LogP contribution in [0.3, 0.4) is 0 Å². The van der Waals surface area contributed by atoms with Crippen molar-refractivity contribution in [2.75, 3.05) is 0 Å². The molecule has 0 aromatic heterocycles. The van der Waals surface area contributed by atoms with Crippen LogP contribution in [0.2, 0.25) is 0 Å². The molecular weight excluding hydrogens is 184 g/mol. The maximum absolute atomic E-state index is 13.2. The molecule has 13 heavy (non-hydrogen) atoms. The predicted molar refractivity (Wildman–Crippen MR) is 42.0 cm³/mol. The molecule has 1 aliphatic rings. The van der Waals surface area contributed by atoms with Gasteiger partial charge in [0.05, 0.1) is 0 Å². The van der Waals surface area contributed by atoms with E-state index in [-0.39, 0.29) is 0 Å². The number of halogens is 4. The largest absolute Gasteiger partial charge is 0.398 e. The summed E-state index contributed by atoms with van der Waals surface area (Å²) in [6.07, 6.45) is -6.20. The predicted octanol–water partition coefficient (Wildman–Crippen LogP) is 3.57. The van der Waals surface area contributed by atoms with Crippen LogP contribution >= 0.6 is 0 Å². The SMILES string of the molecule is CC(C)C1(C(F)(F)F)C(F)C1(C)C. The minimum absolute atomic E-state index is 0.711. The smallest absolute Gasteiger partial charge is 0.246 e. The fourth-order valence-electron chi connectivity index (χ4n) is 2.61. The summed E-state index contributed by atoms with van der Waals surface area (Å²) in [5.74, 6) is -0.711. The third-order valence-corrected chi connectivity index (χ3v) is 3.40. The molecule has 0 radical (unpaired) electrons. The van der Waals surface area contributed by atoms with Crippen molar-refractivity contribution in [3.63, 3.8) is 0 Å². The van der Waals surface area contributed by atoms with E-state index >= 15 is 0 Å². The van der Waals surface area contributed by atoms with Crippen molar-refractivity contribution in [1.82, 2.24) is 0 Å². The third-order valence-electron chi connectivity index (χ3n) is 3.40. The van der Waals surface area contributed by atoms with Gasteiger partial charge in [0.15, 0.2) is 0 Å². The standard InChI is InChI=1S/C9H14F4/c1-5(2)8(9(11,12)13)6(10)7(8,3)4/h5-6H,1-4H3. The molecule has 0 heterocycles. The number of alkyl halides is 4. The fourth-order valence-corrected chi connectivity index (χ4v) is 2.61. The molecule has 0 nitrogen and oxygen atoms in total. The molecule has 4 heteroatoms. The van der Waals surface area contributed by atoms with Crippen molar-refractivity contribution in [3.05, 3.63) is 0 Å². The normalized spacial score (nSPS) is 38.1. The Labute approximate surface area is 75.3 Å². The fraction of sp³-hybridized carbons (Fsp3) is 1.00. The van der Waals surface area contributed by atoms with Crippen molar-refractivity contribution < 1.29 is 17.6 Å². The molecule has 1 aliphatic carbocycles. The Morgan fingerprint density at radius 3 is 1.46 bits per heavy atom. The summed E-state index contributed by atoms with van der Waals surface area (Å²) in [4.78, 5) is 0. The van der Waals surface area contributed by atoms with Crippen molar-refractivity contribution in [3.8, 4) is 0 Å². The van der Waals surface area contributed by atoms with Gasteiger partial charge < -0.3 is 0 Å². The molecule has 0 aliphatic heterocycles. The van der Waals surface area contributed by atoms with Crippen molar-refractivity contribution in [2.45, 2.75) is 40.0 Å². The van der Waals surface area contributed by atoms with E-state index in [1.807, 2.05) is 0 Å². The average Bonchev–Trinajstić information content (AvgIpc) is 2.26. The van der Waals surface area contributed by atoms with Crippen LogP contribution in [0, 0.1) is 16.7 Å². The maximum Gasteiger partial charge on any atom is 0.398 e. The molecule has 0 N–H and O–H groups in total. The first-order valence-electron chi connectivity index (χ1n) is 4.31. The van der Waals surface area contributed by atoms with Crippen molar-refractivity contribution in [2.24, 2.45) is 16.7 Å². The van der Waals surface area contributed by atoms with E-state index in [0.29, 0.717) is 0 Å². The minimum atomic E-state index is -4.44. The highest BCUT2D eigenvalue weighted by molar-refractivity contribution is 5.23. The second-order valence-corrected chi connectivity index (χ2v) is 4.61. The molecule has 0 spiro atoms. The summed E-state index contributed by atoms with van der Waals surface area (Å²) in [5, 5.41) is 0. The average molecular weight is 198 g/mol. The van der Waals surface area contributed by atoms with Gasteiger partial charge in [-0.05, 0) is 5.92 Å². The highest BCUT2D eigenvalue weighted by Crippen LogP contribution is 2.75. The van der Waals surface area contributed by atoms with E-state index in [2.05, 4.69) is 0 Å². The Morgan fingerprint density at radius 1 is 1.15 bits per heavy atom. The zero-order valence-corrected chi connectivity index (χ0v) is 8.17. The summed E-state index contributed by atoms with van der Waals surface area (Å²) < 4.78 is 51.2. The Kier molecular flexibility index (Phi) is 1.99. The molecule has 0 aromatic carbocycles. The Hall–Kier alpha value is -0.280. The lowest BCUT2D eigenvalue weighted by Gasteiger charge is -2.26. The van der Waals surface area contributed by atoms with E-state index in [4.69, 9.17) is 0 Å². The van der Waals surface area contributed by atoms with E-state index in [9.17, 15) is 17.6 Å². The summed E-state index contributed by atoms with van der Waals surface area (Å²) in [5.41, 5.74) is -3.39. The molecule has 1 fully saturated rings. The lowest BCUT2D eigenvalue weighted by molar-refractivity contribution is -0.214. The van der Waals surface area contributed by atoms with Gasteiger partial charge in [0.2, 0.25) is 0 Å². The molecule has 0 aromatic rings. The van der Waals surface area contributed by atoms with Crippen molar-refractivity contribution in [1.29, 1.82) is 0 Å². The first-order chi connectivity index (χ1) is 5.60. The molecule has 0 saturated heterocycles. The van der Waals surface area contributed by atoms with E-state index < -0.39 is 29.1 Å². The zero-order valence-electron chi connectivity index (χ0n) is 8.17. The van der Waals surface area contributed by atoms with Gasteiger partial charge in [-0.3, -0.25) is 0 Å². The highest BCUT2D eigenvalue weighted by Gasteiger charge is 2.85. The van der Waals surface area contributed by atoms with Crippen LogP contribution < -0.4 is 0 Å². The van der Waals surface area contributed by atoms with Crippen LogP contribution in [0.15, 0.2) is 0 Å². The quantitative estimate of drug-likeness (QED) is 0.565. The van der Waals surface area contributed by atoms with Gasteiger partial charge in [-0.25, -0.2) is 4.39 Å². The molecule has 1 rings (SSSR count). The second-order valence-electron chi connectivity index (χ2n) is 4.61. The topological polar surface area (TPSA) is 0 Å². The first-order valence-corrected chi connectivity index (χ1v) is 4.31. The zero-order chi connectivity index (χ0) is 10.7. The third kappa shape index (κ3) is 0.974. The van der Waals surface area contributed by atoms with Crippen LogP contribution in [0.1, 0.15) is 27.7 Å². The number of hydrogen-bond acceptors (Lipinski definition) is 0. The second kappa shape index (κ2) is 2.39. The number of hydrogen-bond donors (Lipinski definition) is 0. The first kappa shape index (κ1) is 10.8. The van der Waals surface area contributed by atoms with Gasteiger partial charge in [-0.2, -0.15) is 13.2 Å². The Morgan fingerprint density at radius 2 is 1.46 bits per heavy atom. The lowest BCUT2D eigenvalue weighted by Crippen LogP contribution is -2.35. The van der Waals surface area contributed by atoms with Gasteiger partial charge in [-0.1, -0.05) is 27.7 Å². The van der Waals surface area contributed by atoms with Crippen LogP contribution in [0.4, 0.5) is 17.6 Å². The summed E-state index contributed by atoms with van der Waals surface area (Å²) >= 11 is 0. The lowest BCUT2D eigenvalue weighted by atomic mass is 9.84. The van der Waals surface area contributed by atoms with E-state index in [1.54, 1.807) is 0 Å². The summed E-state index contributed by atoms with van der Waals surface area (Å²) in [6.45, 7) is 5.53. The minimum Gasteiger partial charge on any atom is -0.246 e. The van der Waals surface area contributed by atoms with E-state index in [1.165, 1.54) is 27.7 Å². The van der Waals surface area contributed by atoms with Gasteiger partial charge >= 0.3 is 6.18 Å². The Bertz CT molecular complexity index is 204. The van der Waals surface area contributed by atoms with E-state index in [0.717, 1.165) is 0 Å². The van der Waals surface area contributed by atoms with Crippen molar-refractivity contribution >= 4 is 0 Å². The molecule has 1 saturated carbocycles. The van der Waals surface area contributed by atoms with Gasteiger partial charge in [0.1, 0.15) is 11.6 Å². The summed E-state index contributed by atoms with van der Waals surface area (Å²) in [7, 11) is 0. The number of rotatable bonds is 1. The van der Waals surface area contributed by atoms with Gasteiger partial charge in [0, 0.05) is 5.41 Å². The van der Waals surface area contributed by atoms with Crippen LogP contribution in [0.25, 0.3) is 0 Å².